The Kier molecular flexibility index (Phi) is 7.81. The Morgan fingerprint density at radius 1 is 1.33 bits per heavy atom. The first-order valence-corrected chi connectivity index (χ1v) is 9.24. The van der Waals surface area contributed by atoms with Crippen molar-refractivity contribution < 1.29 is 23.8 Å². The third kappa shape index (κ3) is 6.41. The van der Waals surface area contributed by atoms with Crippen molar-refractivity contribution in [2.24, 2.45) is 0 Å². The summed E-state index contributed by atoms with van der Waals surface area (Å²) in [5.41, 5.74) is 1.59. The maximum Gasteiger partial charge on any atom is 0.311 e. The zero-order valence-electron chi connectivity index (χ0n) is 15.3. The molecule has 1 aromatic carbocycles. The Bertz CT molecular complexity index is 803. The normalized spacial score (nSPS) is 10.1. The maximum absolute atomic E-state index is 12.1. The molecule has 0 unspecified atom stereocenters. The van der Waals surface area contributed by atoms with Crippen molar-refractivity contribution in [1.29, 1.82) is 0 Å². The number of carbonyl (C=O) groups is 2. The standard InChI is InChI=1S/C19H22N2O5S/c1-4-6-13-7-8-15(16(9-13)24-3)26-11-17(22)21-19-20-14(12-27-19)10-18(23)25-5-2/h4,7-9,12H,1,5-6,10-11H2,2-3H3,(H,20,21,22). The zero-order valence-corrected chi connectivity index (χ0v) is 16.1. The van der Waals surface area contributed by atoms with Gasteiger partial charge in [-0.15, -0.1) is 17.9 Å². The molecule has 2 rings (SSSR count). The second-order valence-electron chi connectivity index (χ2n) is 5.44. The molecule has 0 fully saturated rings. The summed E-state index contributed by atoms with van der Waals surface area (Å²) in [4.78, 5) is 27.7. The number of rotatable bonds is 10. The van der Waals surface area contributed by atoms with Crippen molar-refractivity contribution >= 4 is 28.3 Å². The van der Waals surface area contributed by atoms with E-state index >= 15 is 0 Å². The molecule has 1 heterocycles. The quantitative estimate of drug-likeness (QED) is 0.496. The van der Waals surface area contributed by atoms with Gasteiger partial charge in [0, 0.05) is 5.38 Å². The van der Waals surface area contributed by atoms with E-state index in [9.17, 15) is 9.59 Å². The van der Waals surface area contributed by atoms with Gasteiger partial charge in [0.25, 0.3) is 5.91 Å². The monoisotopic (exact) mass is 390 g/mol. The van der Waals surface area contributed by atoms with Crippen LogP contribution in [0.2, 0.25) is 0 Å². The average molecular weight is 390 g/mol. The van der Waals surface area contributed by atoms with Gasteiger partial charge in [0.15, 0.2) is 23.2 Å². The number of thiazole rings is 1. The van der Waals surface area contributed by atoms with Crippen LogP contribution in [0.3, 0.4) is 0 Å². The fourth-order valence-electron chi connectivity index (χ4n) is 2.23. The number of nitrogens with one attached hydrogen (secondary N) is 1. The molecule has 1 amide bonds. The van der Waals surface area contributed by atoms with Crippen molar-refractivity contribution in [1.82, 2.24) is 4.98 Å². The summed E-state index contributed by atoms with van der Waals surface area (Å²) in [6, 6.07) is 5.49. The number of methoxy groups -OCH3 is 1. The van der Waals surface area contributed by atoms with Crippen LogP contribution in [0.5, 0.6) is 11.5 Å². The third-order valence-electron chi connectivity index (χ3n) is 3.40. The number of hydrogen-bond donors (Lipinski definition) is 1. The van der Waals surface area contributed by atoms with Crippen LogP contribution in [-0.2, 0) is 27.2 Å². The molecule has 144 valence electrons. The van der Waals surface area contributed by atoms with Gasteiger partial charge in [-0.3, -0.25) is 14.9 Å². The molecule has 0 saturated carbocycles. The van der Waals surface area contributed by atoms with E-state index in [2.05, 4.69) is 16.9 Å². The second-order valence-corrected chi connectivity index (χ2v) is 6.30. The summed E-state index contributed by atoms with van der Waals surface area (Å²) in [6.07, 6.45) is 2.59. The van der Waals surface area contributed by atoms with Crippen LogP contribution in [0.25, 0.3) is 0 Å². The second kappa shape index (κ2) is 10.3. The molecule has 8 heteroatoms. The third-order valence-corrected chi connectivity index (χ3v) is 4.20. The Morgan fingerprint density at radius 2 is 2.15 bits per heavy atom. The molecule has 2 aromatic rings. The van der Waals surface area contributed by atoms with Gasteiger partial charge < -0.3 is 14.2 Å². The van der Waals surface area contributed by atoms with Gasteiger partial charge in [0.2, 0.25) is 0 Å². The van der Waals surface area contributed by atoms with E-state index in [1.165, 1.54) is 11.3 Å². The van der Waals surface area contributed by atoms with E-state index < -0.39 is 0 Å². The first-order chi connectivity index (χ1) is 13.0. The van der Waals surface area contributed by atoms with Crippen LogP contribution in [0.1, 0.15) is 18.2 Å². The first kappa shape index (κ1) is 20.4. The van der Waals surface area contributed by atoms with Gasteiger partial charge in [0.05, 0.1) is 25.8 Å². The molecular formula is C19H22N2O5S. The Labute approximate surface area is 162 Å². The highest BCUT2D eigenvalue weighted by Gasteiger charge is 2.12. The minimum atomic E-state index is -0.357. The predicted octanol–water partition coefficient (Wildman–Crippen LogP) is 3.00. The van der Waals surface area contributed by atoms with E-state index in [-0.39, 0.29) is 24.9 Å². The molecule has 0 aliphatic heterocycles. The molecule has 0 spiro atoms. The lowest BCUT2D eigenvalue weighted by atomic mass is 10.1. The van der Waals surface area contributed by atoms with Crippen molar-refractivity contribution in [3.8, 4) is 11.5 Å². The lowest BCUT2D eigenvalue weighted by molar-refractivity contribution is -0.142. The molecule has 1 N–H and O–H groups in total. The Balaban J connectivity index is 1.88. The summed E-state index contributed by atoms with van der Waals surface area (Å²) in [7, 11) is 1.54. The van der Waals surface area contributed by atoms with Gasteiger partial charge in [-0.2, -0.15) is 0 Å². The van der Waals surface area contributed by atoms with E-state index in [1.807, 2.05) is 12.1 Å². The minimum Gasteiger partial charge on any atom is -0.493 e. The molecule has 7 nitrogen and oxygen atoms in total. The highest BCUT2D eigenvalue weighted by molar-refractivity contribution is 7.13. The molecule has 0 aliphatic carbocycles. The summed E-state index contributed by atoms with van der Waals surface area (Å²) in [6.45, 7) is 5.58. The van der Waals surface area contributed by atoms with Crippen LogP contribution in [0.15, 0.2) is 36.2 Å². The number of nitrogens with zero attached hydrogens (tertiary/aromatic N) is 1. The van der Waals surface area contributed by atoms with Crippen LogP contribution in [-0.4, -0.2) is 37.2 Å². The number of aromatic nitrogens is 1. The Hall–Kier alpha value is -2.87. The van der Waals surface area contributed by atoms with Crippen LogP contribution < -0.4 is 14.8 Å². The van der Waals surface area contributed by atoms with Crippen LogP contribution in [0, 0.1) is 0 Å². The number of amides is 1. The number of carbonyl (C=O) groups excluding carboxylic acids is 2. The number of hydrogen-bond acceptors (Lipinski definition) is 7. The van der Waals surface area contributed by atoms with Crippen LogP contribution >= 0.6 is 11.3 Å². The predicted molar refractivity (Wildman–Crippen MR) is 103 cm³/mol. The van der Waals surface area contributed by atoms with Crippen molar-refractivity contribution in [3.63, 3.8) is 0 Å². The minimum absolute atomic E-state index is 0.0744. The molecular weight excluding hydrogens is 368 g/mol. The number of anilines is 1. The zero-order chi connectivity index (χ0) is 19.6. The fourth-order valence-corrected chi connectivity index (χ4v) is 2.96. The number of esters is 1. The fraction of sp³-hybridized carbons (Fsp3) is 0.316. The SMILES string of the molecule is C=CCc1ccc(OCC(=O)Nc2nc(CC(=O)OCC)cs2)c(OC)c1. The molecule has 1 aromatic heterocycles. The van der Waals surface area contributed by atoms with E-state index in [4.69, 9.17) is 14.2 Å². The lowest BCUT2D eigenvalue weighted by Crippen LogP contribution is -2.20. The van der Waals surface area contributed by atoms with Gasteiger partial charge >= 0.3 is 5.97 Å². The van der Waals surface area contributed by atoms with Crippen molar-refractivity contribution in [2.45, 2.75) is 19.8 Å². The molecule has 0 bridgehead atoms. The van der Waals surface area contributed by atoms with Gasteiger partial charge in [0.1, 0.15) is 0 Å². The average Bonchev–Trinajstić information content (AvgIpc) is 3.07. The smallest absolute Gasteiger partial charge is 0.311 e. The topological polar surface area (TPSA) is 86.8 Å². The summed E-state index contributed by atoms with van der Waals surface area (Å²) in [5.74, 6) is 0.316. The summed E-state index contributed by atoms with van der Waals surface area (Å²) in [5, 5.41) is 4.75. The van der Waals surface area contributed by atoms with Crippen molar-refractivity contribution in [2.75, 3.05) is 25.6 Å². The maximum atomic E-state index is 12.1. The summed E-state index contributed by atoms with van der Waals surface area (Å²) < 4.78 is 15.7. The molecule has 0 atom stereocenters. The first-order valence-electron chi connectivity index (χ1n) is 8.36. The lowest BCUT2D eigenvalue weighted by Gasteiger charge is -2.11. The Morgan fingerprint density at radius 3 is 2.85 bits per heavy atom. The number of allylic oxidation sites excluding steroid dienone is 1. The molecule has 0 aliphatic rings. The van der Waals surface area contributed by atoms with E-state index in [0.717, 1.165) is 12.0 Å². The van der Waals surface area contributed by atoms with Crippen LogP contribution in [0.4, 0.5) is 5.13 Å². The van der Waals surface area contributed by atoms with Gasteiger partial charge in [-0.25, -0.2) is 4.98 Å². The van der Waals surface area contributed by atoms with E-state index in [0.29, 0.717) is 28.9 Å². The number of benzene rings is 1. The highest BCUT2D eigenvalue weighted by atomic mass is 32.1. The molecule has 0 radical (unpaired) electrons. The molecule has 27 heavy (non-hydrogen) atoms. The summed E-state index contributed by atoms with van der Waals surface area (Å²) >= 11 is 1.23. The van der Waals surface area contributed by atoms with E-state index in [1.54, 1.807) is 31.6 Å². The molecule has 0 saturated heterocycles. The largest absolute Gasteiger partial charge is 0.493 e. The van der Waals surface area contributed by atoms with Gasteiger partial charge in [-0.1, -0.05) is 12.1 Å². The number of ether oxygens (including phenoxy) is 3. The van der Waals surface area contributed by atoms with Crippen molar-refractivity contribution in [3.05, 3.63) is 47.5 Å². The van der Waals surface area contributed by atoms with Gasteiger partial charge in [-0.05, 0) is 31.0 Å². The highest BCUT2D eigenvalue weighted by Crippen LogP contribution is 2.28.